The number of carbonyl (C=O) groups excluding carboxylic acids is 1. The Morgan fingerprint density at radius 1 is 1.04 bits per heavy atom. The van der Waals surface area contributed by atoms with Gasteiger partial charge in [-0.2, -0.15) is 0 Å². The van der Waals surface area contributed by atoms with Crippen LogP contribution in [0.4, 0.5) is 5.82 Å². The van der Waals surface area contributed by atoms with Crippen molar-refractivity contribution in [3.8, 4) is 0 Å². The molecule has 1 aliphatic rings. The maximum absolute atomic E-state index is 13.0. The van der Waals surface area contributed by atoms with Crippen molar-refractivity contribution in [2.75, 3.05) is 31.1 Å². The van der Waals surface area contributed by atoms with Gasteiger partial charge in [-0.1, -0.05) is 36.4 Å². The fraction of sp³-hybridized carbons (Fsp3) is 0.333. The lowest BCUT2D eigenvalue weighted by molar-refractivity contribution is -0.131. The van der Waals surface area contributed by atoms with Gasteiger partial charge in [-0.3, -0.25) is 4.79 Å². The van der Waals surface area contributed by atoms with Gasteiger partial charge in [0.25, 0.3) is 0 Å². The molecule has 1 saturated heterocycles. The number of hydrogen-bond donors (Lipinski definition) is 0. The van der Waals surface area contributed by atoms with Crippen molar-refractivity contribution in [2.45, 2.75) is 19.3 Å². The van der Waals surface area contributed by atoms with Gasteiger partial charge in [-0.15, -0.1) is 10.2 Å². The molecule has 1 aromatic carbocycles. The molecule has 0 N–H and O–H groups in total. The molecule has 3 aromatic rings. The Morgan fingerprint density at radius 3 is 2.43 bits per heavy atom. The summed E-state index contributed by atoms with van der Waals surface area (Å²) in [6.07, 6.45) is 2.11. The molecule has 144 valence electrons. The molecule has 7 heteroatoms. The number of aryl methyl sites for hydroxylation is 1. The molecule has 1 fully saturated rings. The zero-order chi connectivity index (χ0) is 19.3. The van der Waals surface area contributed by atoms with Crippen molar-refractivity contribution in [3.05, 3.63) is 72.1 Å². The highest BCUT2D eigenvalue weighted by atomic mass is 16.4. The molecular weight excluding hydrogens is 354 g/mol. The molecule has 0 radical (unpaired) electrons. The fourth-order valence-electron chi connectivity index (χ4n) is 3.52. The second-order valence-electron chi connectivity index (χ2n) is 6.88. The third-order valence-corrected chi connectivity index (χ3v) is 5.03. The van der Waals surface area contributed by atoms with Crippen LogP contribution >= 0.6 is 0 Å². The van der Waals surface area contributed by atoms with Crippen molar-refractivity contribution in [3.63, 3.8) is 0 Å². The van der Waals surface area contributed by atoms with Crippen LogP contribution in [0.3, 0.4) is 0 Å². The predicted molar refractivity (Wildman–Crippen MR) is 105 cm³/mol. The van der Waals surface area contributed by atoms with E-state index in [1.165, 1.54) is 0 Å². The van der Waals surface area contributed by atoms with Gasteiger partial charge in [-0.25, -0.2) is 4.98 Å². The third kappa shape index (κ3) is 4.03. The minimum Gasteiger partial charge on any atom is -0.425 e. The van der Waals surface area contributed by atoms with Crippen LogP contribution in [0.2, 0.25) is 0 Å². The summed E-state index contributed by atoms with van der Waals surface area (Å²) < 4.78 is 5.65. The number of benzene rings is 1. The van der Waals surface area contributed by atoms with Crippen molar-refractivity contribution < 1.29 is 9.21 Å². The Balaban J connectivity index is 1.44. The maximum atomic E-state index is 13.0. The molecule has 1 aliphatic heterocycles. The first kappa shape index (κ1) is 18.2. The van der Waals surface area contributed by atoms with Gasteiger partial charge >= 0.3 is 0 Å². The largest absolute Gasteiger partial charge is 0.425 e. The Bertz CT molecular complexity index is 905. The molecule has 28 heavy (non-hydrogen) atoms. The van der Waals surface area contributed by atoms with Crippen LogP contribution in [0.1, 0.15) is 29.7 Å². The van der Waals surface area contributed by atoms with Crippen molar-refractivity contribution in [1.82, 2.24) is 20.1 Å². The minimum absolute atomic E-state index is 0.102. The van der Waals surface area contributed by atoms with Crippen LogP contribution in [0, 0.1) is 6.92 Å². The highest BCUT2D eigenvalue weighted by Crippen LogP contribution is 2.28. The highest BCUT2D eigenvalue weighted by Gasteiger charge is 2.28. The van der Waals surface area contributed by atoms with Crippen molar-refractivity contribution in [1.29, 1.82) is 0 Å². The van der Waals surface area contributed by atoms with E-state index in [1.807, 2.05) is 53.4 Å². The van der Waals surface area contributed by atoms with E-state index in [1.54, 1.807) is 13.1 Å². The predicted octanol–water partition coefficient (Wildman–Crippen LogP) is 2.64. The Hall–Kier alpha value is -3.22. The molecule has 4 rings (SSSR count). The first-order valence-corrected chi connectivity index (χ1v) is 9.49. The third-order valence-electron chi connectivity index (χ3n) is 5.03. The van der Waals surface area contributed by atoms with E-state index in [9.17, 15) is 4.79 Å². The molecule has 0 spiro atoms. The van der Waals surface area contributed by atoms with Gasteiger partial charge in [0, 0.05) is 45.7 Å². The zero-order valence-electron chi connectivity index (χ0n) is 15.9. The summed E-state index contributed by atoms with van der Waals surface area (Å²) in [5, 5.41) is 8.11. The lowest BCUT2D eigenvalue weighted by Gasteiger charge is -2.35. The molecule has 1 atom stereocenters. The zero-order valence-corrected chi connectivity index (χ0v) is 15.9. The average molecular weight is 377 g/mol. The van der Waals surface area contributed by atoms with E-state index >= 15 is 0 Å². The number of anilines is 1. The Kier molecular flexibility index (Phi) is 5.32. The normalized spacial score (nSPS) is 15.5. The molecule has 0 aliphatic carbocycles. The molecular formula is C21H23N5O2. The molecule has 1 amide bonds. The fourth-order valence-corrected chi connectivity index (χ4v) is 3.52. The maximum Gasteiger partial charge on any atom is 0.224 e. The lowest BCUT2D eigenvalue weighted by atomic mass is 9.95. The van der Waals surface area contributed by atoms with Crippen LogP contribution in [-0.4, -0.2) is 52.2 Å². The summed E-state index contributed by atoms with van der Waals surface area (Å²) in [6.45, 7) is 4.67. The molecule has 3 heterocycles. The number of rotatable bonds is 5. The molecule has 7 nitrogen and oxygen atoms in total. The number of pyridine rings is 1. The minimum atomic E-state index is -0.233. The summed E-state index contributed by atoms with van der Waals surface area (Å²) in [4.78, 5) is 21.5. The molecule has 2 aromatic heterocycles. The van der Waals surface area contributed by atoms with Gasteiger partial charge in [-0.05, 0) is 17.7 Å². The number of amides is 1. The number of aromatic nitrogens is 3. The quantitative estimate of drug-likeness (QED) is 0.680. The number of piperazine rings is 1. The summed E-state index contributed by atoms with van der Waals surface area (Å²) >= 11 is 0. The smallest absolute Gasteiger partial charge is 0.224 e. The van der Waals surface area contributed by atoms with Crippen LogP contribution in [0.5, 0.6) is 0 Å². The van der Waals surface area contributed by atoms with Gasteiger partial charge in [0.2, 0.25) is 17.7 Å². The van der Waals surface area contributed by atoms with Gasteiger partial charge in [0.15, 0.2) is 0 Å². The standard InChI is InChI=1S/C21H23N5O2/c1-16-23-24-21(28-16)18(17-7-3-2-4-8-17)15-20(27)26-13-11-25(12-14-26)19-9-5-6-10-22-19/h2-10,18H,11-15H2,1H3. The van der Waals surface area contributed by atoms with Crippen molar-refractivity contribution >= 4 is 11.7 Å². The van der Waals surface area contributed by atoms with E-state index in [0.29, 0.717) is 31.3 Å². The first-order chi connectivity index (χ1) is 13.7. The van der Waals surface area contributed by atoms with Crippen LogP contribution in [0.15, 0.2) is 59.1 Å². The molecule has 1 unspecified atom stereocenters. The second kappa shape index (κ2) is 8.21. The van der Waals surface area contributed by atoms with Gasteiger partial charge in [0.05, 0.1) is 5.92 Å². The van der Waals surface area contributed by atoms with E-state index in [0.717, 1.165) is 24.5 Å². The van der Waals surface area contributed by atoms with Crippen molar-refractivity contribution in [2.24, 2.45) is 0 Å². The van der Waals surface area contributed by atoms with E-state index in [-0.39, 0.29) is 11.8 Å². The monoisotopic (exact) mass is 377 g/mol. The summed E-state index contributed by atoms with van der Waals surface area (Å²) in [5.74, 6) is 1.82. The topological polar surface area (TPSA) is 75.4 Å². The Labute approximate surface area is 164 Å². The first-order valence-electron chi connectivity index (χ1n) is 9.49. The molecule has 0 saturated carbocycles. The number of nitrogens with zero attached hydrogens (tertiary/aromatic N) is 5. The van der Waals surface area contributed by atoms with Gasteiger partial charge < -0.3 is 14.2 Å². The number of hydrogen-bond acceptors (Lipinski definition) is 6. The van der Waals surface area contributed by atoms with E-state index in [4.69, 9.17) is 4.42 Å². The number of carbonyl (C=O) groups is 1. The van der Waals surface area contributed by atoms with Crippen LogP contribution < -0.4 is 4.90 Å². The second-order valence-corrected chi connectivity index (χ2v) is 6.88. The van der Waals surface area contributed by atoms with E-state index in [2.05, 4.69) is 20.1 Å². The SMILES string of the molecule is Cc1nnc(C(CC(=O)N2CCN(c3ccccn3)CC2)c2ccccc2)o1. The molecule has 0 bridgehead atoms. The van der Waals surface area contributed by atoms with Crippen LogP contribution in [0.25, 0.3) is 0 Å². The summed E-state index contributed by atoms with van der Waals surface area (Å²) in [7, 11) is 0. The lowest BCUT2D eigenvalue weighted by Crippen LogP contribution is -2.49. The highest BCUT2D eigenvalue weighted by molar-refractivity contribution is 5.78. The van der Waals surface area contributed by atoms with E-state index < -0.39 is 0 Å². The average Bonchev–Trinajstić information content (AvgIpc) is 3.19. The van der Waals surface area contributed by atoms with Crippen LogP contribution in [-0.2, 0) is 4.79 Å². The summed E-state index contributed by atoms with van der Waals surface area (Å²) in [5.41, 5.74) is 1.01. The van der Waals surface area contributed by atoms with Gasteiger partial charge in [0.1, 0.15) is 5.82 Å². The Morgan fingerprint density at radius 2 is 1.79 bits per heavy atom. The summed E-state index contributed by atoms with van der Waals surface area (Å²) in [6, 6.07) is 15.8.